The Morgan fingerprint density at radius 2 is 0.591 bits per heavy atom. The molecule has 0 aromatic heterocycles. The SMILES string of the molecule is CCCCCCCC/C=C\CCCCCCCCCC(=O)OC(COCCCCCCCCCCCCCCCC)COC(=O)CCCCCCCCCCCCCCCCCCCCC. The summed E-state index contributed by atoms with van der Waals surface area (Å²) in [5, 5.41) is 0. The van der Waals surface area contributed by atoms with Crippen LogP contribution in [0.5, 0.6) is 0 Å². The molecule has 0 aliphatic rings. The van der Waals surface area contributed by atoms with Crippen molar-refractivity contribution in [3.05, 3.63) is 12.2 Å². The fourth-order valence-electron chi connectivity index (χ4n) is 9.27. The van der Waals surface area contributed by atoms with Crippen molar-refractivity contribution in [2.75, 3.05) is 19.8 Å². The Morgan fingerprint density at radius 3 is 0.924 bits per heavy atom. The molecule has 0 saturated heterocycles. The molecule has 0 amide bonds. The molecule has 0 radical (unpaired) electrons. The Hall–Kier alpha value is -1.36. The second kappa shape index (κ2) is 58.0. The van der Waals surface area contributed by atoms with Gasteiger partial charge in [-0.1, -0.05) is 296 Å². The average Bonchev–Trinajstić information content (AvgIpc) is 3.32. The first-order valence-electron chi connectivity index (χ1n) is 30.2. The number of hydrogen-bond acceptors (Lipinski definition) is 5. The lowest BCUT2D eigenvalue weighted by atomic mass is 10.0. The van der Waals surface area contributed by atoms with Crippen LogP contribution >= 0.6 is 0 Å². The van der Waals surface area contributed by atoms with E-state index in [0.29, 0.717) is 26.1 Å². The predicted molar refractivity (Wildman–Crippen MR) is 289 cm³/mol. The molecule has 0 aliphatic heterocycles. The molecule has 0 aromatic rings. The Morgan fingerprint density at radius 1 is 0.318 bits per heavy atom. The number of carbonyl (C=O) groups excluding carboxylic acids is 2. The van der Waals surface area contributed by atoms with Crippen LogP contribution in [0.4, 0.5) is 0 Å². The van der Waals surface area contributed by atoms with Crippen LogP contribution in [0.2, 0.25) is 0 Å². The molecule has 392 valence electrons. The minimum atomic E-state index is -0.530. The zero-order chi connectivity index (χ0) is 47.7. The zero-order valence-electron chi connectivity index (χ0n) is 45.2. The van der Waals surface area contributed by atoms with E-state index in [9.17, 15) is 9.59 Å². The van der Waals surface area contributed by atoms with Gasteiger partial charge in [0.15, 0.2) is 6.10 Å². The van der Waals surface area contributed by atoms with Gasteiger partial charge in [-0.25, -0.2) is 0 Å². The summed E-state index contributed by atoms with van der Waals surface area (Å²) in [6.45, 7) is 7.91. The first-order chi connectivity index (χ1) is 32.6. The van der Waals surface area contributed by atoms with Gasteiger partial charge >= 0.3 is 11.9 Å². The van der Waals surface area contributed by atoms with Crippen LogP contribution in [0.15, 0.2) is 12.2 Å². The minimum absolute atomic E-state index is 0.0939. The highest BCUT2D eigenvalue weighted by Gasteiger charge is 2.18. The predicted octanol–water partition coefficient (Wildman–Crippen LogP) is 20.6. The summed E-state index contributed by atoms with van der Waals surface area (Å²) in [4.78, 5) is 25.5. The monoisotopic (exact) mass is 931 g/mol. The maximum absolute atomic E-state index is 12.9. The normalized spacial score (nSPS) is 12.1. The van der Waals surface area contributed by atoms with Gasteiger partial charge < -0.3 is 14.2 Å². The number of unbranched alkanes of at least 4 members (excludes halogenated alkanes) is 44. The third-order valence-corrected chi connectivity index (χ3v) is 13.8. The first-order valence-corrected chi connectivity index (χ1v) is 30.2. The third-order valence-electron chi connectivity index (χ3n) is 13.8. The summed E-state index contributed by atoms with van der Waals surface area (Å²) in [6.07, 6.45) is 68.1. The Labute approximate surface area is 414 Å². The van der Waals surface area contributed by atoms with E-state index in [1.165, 1.54) is 276 Å². The van der Waals surface area contributed by atoms with E-state index in [0.717, 1.165) is 32.1 Å². The molecule has 0 fully saturated rings. The first kappa shape index (κ1) is 64.6. The van der Waals surface area contributed by atoms with Gasteiger partial charge in [0.25, 0.3) is 0 Å². The van der Waals surface area contributed by atoms with Crippen molar-refractivity contribution in [2.45, 2.75) is 348 Å². The Balaban J connectivity index is 4.18. The number of ether oxygens (including phenoxy) is 3. The summed E-state index contributed by atoms with van der Waals surface area (Å²) in [7, 11) is 0. The van der Waals surface area contributed by atoms with Crippen LogP contribution in [0.3, 0.4) is 0 Å². The smallest absolute Gasteiger partial charge is 0.306 e. The summed E-state index contributed by atoms with van der Waals surface area (Å²) in [5.41, 5.74) is 0. The molecule has 0 bridgehead atoms. The zero-order valence-corrected chi connectivity index (χ0v) is 45.2. The van der Waals surface area contributed by atoms with E-state index >= 15 is 0 Å². The van der Waals surface area contributed by atoms with Crippen molar-refractivity contribution < 1.29 is 23.8 Å². The van der Waals surface area contributed by atoms with Crippen LogP contribution in [0.25, 0.3) is 0 Å². The standard InChI is InChI=1S/C61H118O5/c1-4-7-10-13-16-19-22-25-28-30-31-33-34-36-39-42-45-48-51-54-60(62)65-58-59(57-64-56-53-50-47-44-41-38-27-24-21-18-15-12-9-6-3)66-61(63)55-52-49-46-43-40-37-35-32-29-26-23-20-17-14-11-8-5-2/h26,29,59H,4-25,27-28,30-58H2,1-3H3/b29-26-. The van der Waals surface area contributed by atoms with Gasteiger partial charge in [0.2, 0.25) is 0 Å². The van der Waals surface area contributed by atoms with Crippen molar-refractivity contribution in [1.82, 2.24) is 0 Å². The van der Waals surface area contributed by atoms with Gasteiger partial charge in [-0.05, 0) is 44.9 Å². The molecule has 0 N–H and O–H groups in total. The van der Waals surface area contributed by atoms with E-state index in [1.807, 2.05) is 0 Å². The molecule has 66 heavy (non-hydrogen) atoms. The summed E-state index contributed by atoms with van der Waals surface area (Å²) >= 11 is 0. The highest BCUT2D eigenvalue weighted by Crippen LogP contribution is 2.17. The molecule has 0 aromatic carbocycles. The molecule has 0 rings (SSSR count). The molecule has 1 atom stereocenters. The third kappa shape index (κ3) is 55.2. The Kier molecular flexibility index (Phi) is 56.8. The average molecular weight is 932 g/mol. The van der Waals surface area contributed by atoms with Gasteiger partial charge in [0, 0.05) is 19.4 Å². The van der Waals surface area contributed by atoms with E-state index in [4.69, 9.17) is 14.2 Å². The van der Waals surface area contributed by atoms with Crippen LogP contribution in [-0.2, 0) is 23.8 Å². The van der Waals surface area contributed by atoms with Crippen molar-refractivity contribution >= 4 is 11.9 Å². The van der Waals surface area contributed by atoms with Gasteiger partial charge in [0.05, 0.1) is 6.61 Å². The lowest BCUT2D eigenvalue weighted by Crippen LogP contribution is -2.30. The highest BCUT2D eigenvalue weighted by atomic mass is 16.6. The largest absolute Gasteiger partial charge is 0.462 e. The van der Waals surface area contributed by atoms with Crippen LogP contribution in [0, 0.1) is 0 Å². The van der Waals surface area contributed by atoms with Crippen molar-refractivity contribution in [3.8, 4) is 0 Å². The Bertz CT molecular complexity index is 963. The number of carbonyl (C=O) groups is 2. The number of esters is 2. The lowest BCUT2D eigenvalue weighted by Gasteiger charge is -2.18. The molecule has 0 aliphatic carbocycles. The maximum Gasteiger partial charge on any atom is 0.306 e. The molecule has 0 spiro atoms. The molecule has 5 nitrogen and oxygen atoms in total. The van der Waals surface area contributed by atoms with Crippen molar-refractivity contribution in [1.29, 1.82) is 0 Å². The molecule has 5 heteroatoms. The van der Waals surface area contributed by atoms with Gasteiger partial charge in [-0.2, -0.15) is 0 Å². The van der Waals surface area contributed by atoms with Gasteiger partial charge in [-0.3, -0.25) is 9.59 Å². The van der Waals surface area contributed by atoms with Gasteiger partial charge in [-0.15, -0.1) is 0 Å². The van der Waals surface area contributed by atoms with Gasteiger partial charge in [0.1, 0.15) is 6.61 Å². The second-order valence-electron chi connectivity index (χ2n) is 20.6. The van der Waals surface area contributed by atoms with Crippen LogP contribution < -0.4 is 0 Å². The quantitative estimate of drug-likeness (QED) is 0.0345. The van der Waals surface area contributed by atoms with E-state index in [1.54, 1.807) is 0 Å². The summed E-state index contributed by atoms with van der Waals surface area (Å²) < 4.78 is 17.5. The van der Waals surface area contributed by atoms with E-state index < -0.39 is 6.10 Å². The highest BCUT2D eigenvalue weighted by molar-refractivity contribution is 5.70. The fourth-order valence-corrected chi connectivity index (χ4v) is 9.27. The summed E-state index contributed by atoms with van der Waals surface area (Å²) in [6, 6.07) is 0. The molecule has 0 heterocycles. The number of hydrogen-bond donors (Lipinski definition) is 0. The fraction of sp³-hybridized carbons (Fsp3) is 0.934. The maximum atomic E-state index is 12.9. The molecule has 0 saturated carbocycles. The molecular weight excluding hydrogens is 813 g/mol. The van der Waals surface area contributed by atoms with Crippen molar-refractivity contribution in [2.24, 2.45) is 0 Å². The summed E-state index contributed by atoms with van der Waals surface area (Å²) in [5.74, 6) is -0.373. The van der Waals surface area contributed by atoms with Crippen molar-refractivity contribution in [3.63, 3.8) is 0 Å². The number of allylic oxidation sites excluding steroid dienone is 2. The lowest BCUT2D eigenvalue weighted by molar-refractivity contribution is -0.163. The van der Waals surface area contributed by atoms with Crippen LogP contribution in [0.1, 0.15) is 342 Å². The molecule has 1 unspecified atom stereocenters. The second-order valence-corrected chi connectivity index (χ2v) is 20.6. The van der Waals surface area contributed by atoms with E-state index in [-0.39, 0.29) is 18.5 Å². The topological polar surface area (TPSA) is 61.8 Å². The minimum Gasteiger partial charge on any atom is -0.462 e. The van der Waals surface area contributed by atoms with Crippen LogP contribution in [-0.4, -0.2) is 37.9 Å². The number of rotatable bonds is 57. The molecular formula is C61H118O5. The van der Waals surface area contributed by atoms with E-state index in [2.05, 4.69) is 32.9 Å².